The summed E-state index contributed by atoms with van der Waals surface area (Å²) < 4.78 is 24.7. The van der Waals surface area contributed by atoms with E-state index in [0.29, 0.717) is 13.2 Å². The Bertz CT molecular complexity index is 392. The average molecular weight is 283 g/mol. The van der Waals surface area contributed by atoms with Crippen LogP contribution >= 0.6 is 0 Å². The van der Waals surface area contributed by atoms with Crippen LogP contribution in [-0.4, -0.2) is 26.0 Å². The Hall–Kier alpha value is -0.970. The smallest absolute Gasteiger partial charge is 0.176 e. The van der Waals surface area contributed by atoms with E-state index in [0.717, 1.165) is 24.1 Å². The number of hydrogen-bond donors (Lipinski definition) is 1. The Kier molecular flexibility index (Phi) is 7.73. The van der Waals surface area contributed by atoms with Crippen LogP contribution < -0.4 is 5.32 Å². The lowest BCUT2D eigenvalue weighted by Crippen LogP contribution is -2.37. The summed E-state index contributed by atoms with van der Waals surface area (Å²) in [5, 5.41) is 3.44. The molecule has 0 aromatic heterocycles. The molecular formula is C16H26FNO2. The van der Waals surface area contributed by atoms with E-state index in [9.17, 15) is 4.39 Å². The molecular weight excluding hydrogens is 257 g/mol. The molecule has 0 fully saturated rings. The van der Waals surface area contributed by atoms with Gasteiger partial charge in [0.1, 0.15) is 5.82 Å². The fraction of sp³-hybridized carbons (Fsp3) is 0.625. The van der Waals surface area contributed by atoms with Crippen molar-refractivity contribution in [3.63, 3.8) is 0 Å². The Morgan fingerprint density at radius 2 is 1.80 bits per heavy atom. The molecule has 0 aliphatic carbocycles. The Morgan fingerprint density at radius 1 is 1.15 bits per heavy atom. The van der Waals surface area contributed by atoms with Crippen molar-refractivity contribution in [2.75, 3.05) is 19.8 Å². The van der Waals surface area contributed by atoms with Gasteiger partial charge in [-0.25, -0.2) is 4.39 Å². The van der Waals surface area contributed by atoms with Crippen LogP contribution in [-0.2, 0) is 9.47 Å². The summed E-state index contributed by atoms with van der Waals surface area (Å²) in [7, 11) is 0. The molecule has 0 bridgehead atoms. The molecule has 1 N–H and O–H groups in total. The molecule has 1 aromatic carbocycles. The monoisotopic (exact) mass is 283 g/mol. The van der Waals surface area contributed by atoms with Crippen molar-refractivity contribution in [3.05, 3.63) is 35.1 Å². The van der Waals surface area contributed by atoms with Crippen molar-refractivity contribution in [1.82, 2.24) is 5.32 Å². The number of benzene rings is 1. The number of nitrogens with one attached hydrogen (secondary N) is 1. The summed E-state index contributed by atoms with van der Waals surface area (Å²) in [5.74, 6) is -0.218. The van der Waals surface area contributed by atoms with E-state index in [1.54, 1.807) is 6.07 Å². The third-order valence-corrected chi connectivity index (χ3v) is 3.12. The minimum absolute atomic E-state index is 0.0875. The highest BCUT2D eigenvalue weighted by Gasteiger charge is 2.25. The second-order valence-electron chi connectivity index (χ2n) is 4.71. The summed E-state index contributed by atoms with van der Waals surface area (Å²) in [6.07, 6.45) is 0.655. The predicted octanol–water partition coefficient (Wildman–Crippen LogP) is 3.57. The highest BCUT2D eigenvalue weighted by molar-refractivity contribution is 5.30. The minimum Gasteiger partial charge on any atom is -0.351 e. The first-order valence-corrected chi connectivity index (χ1v) is 7.36. The van der Waals surface area contributed by atoms with Crippen molar-refractivity contribution in [2.24, 2.45) is 0 Å². The first-order chi connectivity index (χ1) is 9.63. The van der Waals surface area contributed by atoms with Crippen molar-refractivity contribution < 1.29 is 13.9 Å². The van der Waals surface area contributed by atoms with Gasteiger partial charge in [-0.15, -0.1) is 0 Å². The van der Waals surface area contributed by atoms with Gasteiger partial charge in [0.15, 0.2) is 6.29 Å². The van der Waals surface area contributed by atoms with E-state index >= 15 is 0 Å². The lowest BCUT2D eigenvalue weighted by molar-refractivity contribution is -0.155. The normalized spacial score (nSPS) is 12.9. The number of hydrogen-bond acceptors (Lipinski definition) is 3. The lowest BCUT2D eigenvalue weighted by Gasteiger charge is -2.29. The lowest BCUT2D eigenvalue weighted by atomic mass is 10.00. The van der Waals surface area contributed by atoms with Crippen molar-refractivity contribution in [3.8, 4) is 0 Å². The molecule has 114 valence electrons. The fourth-order valence-corrected chi connectivity index (χ4v) is 2.21. The Labute approximate surface area is 121 Å². The molecule has 0 saturated heterocycles. The van der Waals surface area contributed by atoms with E-state index in [1.165, 1.54) is 6.07 Å². The van der Waals surface area contributed by atoms with Gasteiger partial charge in [0.05, 0.1) is 6.04 Å². The molecule has 0 amide bonds. The van der Waals surface area contributed by atoms with Gasteiger partial charge in [0.2, 0.25) is 0 Å². The summed E-state index contributed by atoms with van der Waals surface area (Å²) in [5.41, 5.74) is 1.93. The molecule has 0 radical (unpaired) electrons. The molecule has 3 nitrogen and oxygen atoms in total. The maximum absolute atomic E-state index is 13.3. The SMILES string of the molecule is CCCNC(c1ccc(F)cc1C)C(OCC)OCC. The quantitative estimate of drug-likeness (QED) is 0.703. The molecule has 20 heavy (non-hydrogen) atoms. The summed E-state index contributed by atoms with van der Waals surface area (Å²) in [4.78, 5) is 0. The van der Waals surface area contributed by atoms with Gasteiger partial charge < -0.3 is 14.8 Å². The van der Waals surface area contributed by atoms with Crippen LogP contribution in [0.1, 0.15) is 44.4 Å². The first-order valence-electron chi connectivity index (χ1n) is 7.36. The first kappa shape index (κ1) is 17.1. The molecule has 4 heteroatoms. The van der Waals surface area contributed by atoms with Gasteiger partial charge in [-0.05, 0) is 57.0 Å². The van der Waals surface area contributed by atoms with Gasteiger partial charge in [0.25, 0.3) is 0 Å². The number of ether oxygens (including phenoxy) is 2. The van der Waals surface area contributed by atoms with E-state index in [-0.39, 0.29) is 18.1 Å². The zero-order chi connectivity index (χ0) is 15.0. The second-order valence-corrected chi connectivity index (χ2v) is 4.71. The van der Waals surface area contributed by atoms with Crippen LogP contribution in [0.4, 0.5) is 4.39 Å². The third kappa shape index (κ3) is 4.85. The van der Waals surface area contributed by atoms with Crippen LogP contribution in [0, 0.1) is 12.7 Å². The largest absolute Gasteiger partial charge is 0.351 e. The fourth-order valence-electron chi connectivity index (χ4n) is 2.21. The van der Waals surface area contributed by atoms with Crippen LogP contribution in [0.25, 0.3) is 0 Å². The second kappa shape index (κ2) is 9.06. The molecule has 0 aliphatic heterocycles. The molecule has 0 heterocycles. The van der Waals surface area contributed by atoms with Gasteiger partial charge in [-0.3, -0.25) is 0 Å². The molecule has 1 rings (SSSR count). The zero-order valence-corrected chi connectivity index (χ0v) is 12.9. The minimum atomic E-state index is -0.360. The molecule has 0 spiro atoms. The third-order valence-electron chi connectivity index (χ3n) is 3.12. The molecule has 0 saturated carbocycles. The van der Waals surface area contributed by atoms with Crippen molar-refractivity contribution in [1.29, 1.82) is 0 Å². The maximum Gasteiger partial charge on any atom is 0.176 e. The highest BCUT2D eigenvalue weighted by atomic mass is 19.1. The van der Waals surface area contributed by atoms with Crippen molar-refractivity contribution in [2.45, 2.75) is 46.4 Å². The number of rotatable bonds is 9. The summed E-state index contributed by atoms with van der Waals surface area (Å²) in [6, 6.07) is 4.75. The molecule has 0 aliphatic rings. The summed E-state index contributed by atoms with van der Waals surface area (Å²) in [6.45, 7) is 9.93. The highest BCUT2D eigenvalue weighted by Crippen LogP contribution is 2.24. The van der Waals surface area contributed by atoms with E-state index in [2.05, 4.69) is 12.2 Å². The Balaban J connectivity index is 3.01. The van der Waals surface area contributed by atoms with Gasteiger partial charge in [-0.2, -0.15) is 0 Å². The van der Waals surface area contributed by atoms with Gasteiger partial charge in [-0.1, -0.05) is 13.0 Å². The van der Waals surface area contributed by atoms with Gasteiger partial charge >= 0.3 is 0 Å². The topological polar surface area (TPSA) is 30.5 Å². The van der Waals surface area contributed by atoms with Crippen LogP contribution in [0.15, 0.2) is 18.2 Å². The average Bonchev–Trinajstić information content (AvgIpc) is 2.41. The zero-order valence-electron chi connectivity index (χ0n) is 12.9. The van der Waals surface area contributed by atoms with E-state index in [4.69, 9.17) is 9.47 Å². The maximum atomic E-state index is 13.3. The van der Waals surface area contributed by atoms with Crippen LogP contribution in [0.5, 0.6) is 0 Å². The number of halogens is 1. The van der Waals surface area contributed by atoms with Gasteiger partial charge in [0, 0.05) is 13.2 Å². The van der Waals surface area contributed by atoms with E-state index < -0.39 is 0 Å². The molecule has 1 unspecified atom stereocenters. The van der Waals surface area contributed by atoms with E-state index in [1.807, 2.05) is 26.8 Å². The number of aryl methyl sites for hydroxylation is 1. The Morgan fingerprint density at radius 3 is 2.30 bits per heavy atom. The van der Waals surface area contributed by atoms with Crippen LogP contribution in [0.2, 0.25) is 0 Å². The molecule has 1 atom stereocenters. The summed E-state index contributed by atoms with van der Waals surface area (Å²) >= 11 is 0. The standard InChI is InChI=1S/C16H26FNO2/c1-5-10-18-15(16(19-6-2)20-7-3)14-9-8-13(17)11-12(14)4/h8-9,11,15-16,18H,5-7,10H2,1-4H3. The predicted molar refractivity (Wildman–Crippen MR) is 79.2 cm³/mol. The molecule has 1 aromatic rings. The van der Waals surface area contributed by atoms with Crippen molar-refractivity contribution >= 4 is 0 Å². The van der Waals surface area contributed by atoms with Crippen LogP contribution in [0.3, 0.4) is 0 Å².